The second kappa shape index (κ2) is 6.68. The second-order valence-electron chi connectivity index (χ2n) is 4.13. The number of carbonyl (C=O) groups is 2. The van der Waals surface area contributed by atoms with Gasteiger partial charge in [0.25, 0.3) is 0 Å². The number of halogens is 1. The van der Waals surface area contributed by atoms with E-state index in [0.717, 1.165) is 11.8 Å². The Morgan fingerprint density at radius 3 is 2.90 bits per heavy atom. The Morgan fingerprint density at radius 1 is 1.48 bits per heavy atom. The molecule has 0 spiro atoms. The number of primary amides is 1. The maximum absolute atomic E-state index is 10.7. The number of imidazole rings is 1. The SMILES string of the molecule is NC(=O)NCCn1c(SCC(=O)O)nc2cccc(Cl)c21. The minimum Gasteiger partial charge on any atom is -0.481 e. The first-order chi connectivity index (χ1) is 9.99. The number of carboxylic acid groups (broad SMARTS) is 1. The third-order valence-corrected chi connectivity index (χ3v) is 3.91. The van der Waals surface area contributed by atoms with Gasteiger partial charge in [-0.05, 0) is 12.1 Å². The number of aromatic nitrogens is 2. The van der Waals surface area contributed by atoms with Crippen molar-refractivity contribution in [3.05, 3.63) is 23.2 Å². The predicted molar refractivity (Wildman–Crippen MR) is 80.7 cm³/mol. The van der Waals surface area contributed by atoms with E-state index in [-0.39, 0.29) is 5.75 Å². The van der Waals surface area contributed by atoms with Crippen LogP contribution >= 0.6 is 23.4 Å². The second-order valence-corrected chi connectivity index (χ2v) is 5.48. The summed E-state index contributed by atoms with van der Waals surface area (Å²) in [6.45, 7) is 0.692. The van der Waals surface area contributed by atoms with E-state index in [1.54, 1.807) is 22.8 Å². The number of nitrogens with two attached hydrogens (primary N) is 1. The van der Waals surface area contributed by atoms with Crippen molar-refractivity contribution in [3.8, 4) is 0 Å². The number of thioether (sulfide) groups is 1. The summed E-state index contributed by atoms with van der Waals surface area (Å²) < 4.78 is 1.78. The normalized spacial score (nSPS) is 10.7. The highest BCUT2D eigenvalue weighted by Crippen LogP contribution is 2.28. The smallest absolute Gasteiger partial charge is 0.313 e. The fraction of sp³-hybridized carbons (Fsp3) is 0.250. The summed E-state index contributed by atoms with van der Waals surface area (Å²) in [5.41, 5.74) is 6.41. The summed E-state index contributed by atoms with van der Waals surface area (Å²) in [5.74, 6) is -1.04. The van der Waals surface area contributed by atoms with Crippen LogP contribution in [0.15, 0.2) is 23.4 Å². The van der Waals surface area contributed by atoms with Gasteiger partial charge in [-0.25, -0.2) is 9.78 Å². The van der Waals surface area contributed by atoms with Crippen LogP contribution in [0.5, 0.6) is 0 Å². The monoisotopic (exact) mass is 328 g/mol. The van der Waals surface area contributed by atoms with E-state index in [2.05, 4.69) is 10.3 Å². The molecule has 0 aliphatic carbocycles. The quantitative estimate of drug-likeness (QED) is 0.696. The zero-order chi connectivity index (χ0) is 15.4. The van der Waals surface area contributed by atoms with E-state index in [1.807, 2.05) is 0 Å². The van der Waals surface area contributed by atoms with Gasteiger partial charge in [-0.3, -0.25) is 4.79 Å². The van der Waals surface area contributed by atoms with Gasteiger partial charge in [0.15, 0.2) is 5.16 Å². The molecule has 0 saturated heterocycles. The molecule has 2 aromatic rings. The molecule has 4 N–H and O–H groups in total. The van der Waals surface area contributed by atoms with E-state index in [4.69, 9.17) is 22.4 Å². The summed E-state index contributed by atoms with van der Waals surface area (Å²) >= 11 is 7.28. The first-order valence-electron chi connectivity index (χ1n) is 6.01. The molecule has 21 heavy (non-hydrogen) atoms. The highest BCUT2D eigenvalue weighted by Gasteiger charge is 2.14. The maximum atomic E-state index is 10.7. The van der Waals surface area contributed by atoms with E-state index >= 15 is 0 Å². The summed E-state index contributed by atoms with van der Waals surface area (Å²) in [4.78, 5) is 25.8. The molecule has 0 bridgehead atoms. The van der Waals surface area contributed by atoms with Crippen LogP contribution in [0, 0.1) is 0 Å². The fourth-order valence-corrected chi connectivity index (χ4v) is 2.88. The number of hydrogen-bond donors (Lipinski definition) is 3. The zero-order valence-electron chi connectivity index (χ0n) is 10.9. The summed E-state index contributed by atoms with van der Waals surface area (Å²) in [5, 5.41) is 12.3. The van der Waals surface area contributed by atoms with Crippen LogP contribution in [0.2, 0.25) is 5.02 Å². The van der Waals surface area contributed by atoms with Crippen LogP contribution in [0.4, 0.5) is 4.79 Å². The minimum atomic E-state index is -0.931. The molecule has 112 valence electrons. The lowest BCUT2D eigenvalue weighted by Crippen LogP contribution is -2.32. The molecule has 2 rings (SSSR count). The van der Waals surface area contributed by atoms with E-state index < -0.39 is 12.0 Å². The third-order valence-electron chi connectivity index (χ3n) is 2.64. The van der Waals surface area contributed by atoms with Crippen LogP contribution in [-0.4, -0.2) is 39.0 Å². The molecule has 2 amide bonds. The Hall–Kier alpha value is -1.93. The van der Waals surface area contributed by atoms with Crippen LogP contribution in [-0.2, 0) is 11.3 Å². The highest BCUT2D eigenvalue weighted by molar-refractivity contribution is 7.99. The Labute approximate surface area is 129 Å². The third kappa shape index (κ3) is 3.79. The molecular formula is C12H13ClN4O3S. The van der Waals surface area contributed by atoms with Crippen LogP contribution < -0.4 is 11.1 Å². The lowest BCUT2D eigenvalue weighted by Gasteiger charge is -2.09. The topological polar surface area (TPSA) is 110 Å². The van der Waals surface area contributed by atoms with Crippen molar-refractivity contribution in [1.29, 1.82) is 0 Å². The van der Waals surface area contributed by atoms with Crippen molar-refractivity contribution >= 4 is 46.4 Å². The van der Waals surface area contributed by atoms with Gasteiger partial charge < -0.3 is 20.7 Å². The fourth-order valence-electron chi connectivity index (χ4n) is 1.86. The molecule has 1 aromatic carbocycles. The molecule has 0 unspecified atom stereocenters. The minimum absolute atomic E-state index is 0.107. The molecule has 0 fully saturated rings. The molecule has 1 aromatic heterocycles. The molecule has 0 radical (unpaired) electrons. The summed E-state index contributed by atoms with van der Waals surface area (Å²) in [6, 6.07) is 4.68. The predicted octanol–water partition coefficient (Wildman–Crippen LogP) is 1.53. The van der Waals surface area contributed by atoms with Crippen molar-refractivity contribution < 1.29 is 14.7 Å². The van der Waals surface area contributed by atoms with Gasteiger partial charge in [-0.15, -0.1) is 0 Å². The Kier molecular flexibility index (Phi) is 4.92. The van der Waals surface area contributed by atoms with Crippen molar-refractivity contribution in [2.45, 2.75) is 11.7 Å². The summed E-state index contributed by atoms with van der Waals surface area (Å²) in [7, 11) is 0. The van der Waals surface area contributed by atoms with Crippen LogP contribution in [0.1, 0.15) is 0 Å². The van der Waals surface area contributed by atoms with E-state index in [1.165, 1.54) is 0 Å². The number of benzene rings is 1. The zero-order valence-corrected chi connectivity index (χ0v) is 12.4. The van der Waals surface area contributed by atoms with Crippen molar-refractivity contribution in [3.63, 3.8) is 0 Å². The Balaban J connectivity index is 2.33. The van der Waals surface area contributed by atoms with Gasteiger partial charge in [0.1, 0.15) is 0 Å². The molecule has 7 nitrogen and oxygen atoms in total. The lowest BCUT2D eigenvalue weighted by atomic mass is 10.3. The van der Waals surface area contributed by atoms with E-state index in [9.17, 15) is 9.59 Å². The Bertz CT molecular complexity index is 688. The lowest BCUT2D eigenvalue weighted by molar-refractivity contribution is -0.133. The van der Waals surface area contributed by atoms with Gasteiger partial charge in [-0.1, -0.05) is 29.4 Å². The number of para-hydroxylation sites is 1. The standard InChI is InChI=1S/C12H13ClN4O3S/c13-7-2-1-3-8-10(7)17(5-4-15-11(14)20)12(16-8)21-6-9(18)19/h1-3H,4-6H2,(H,18,19)(H3,14,15,20). The van der Waals surface area contributed by atoms with Crippen LogP contribution in [0.3, 0.4) is 0 Å². The number of nitrogens with zero attached hydrogens (tertiary/aromatic N) is 2. The first kappa shape index (κ1) is 15.5. The molecule has 0 aliphatic rings. The number of urea groups is 1. The number of carboxylic acids is 1. The highest BCUT2D eigenvalue weighted by atomic mass is 35.5. The molecule has 9 heteroatoms. The van der Waals surface area contributed by atoms with Crippen molar-refractivity contribution in [2.75, 3.05) is 12.3 Å². The average molecular weight is 329 g/mol. The van der Waals surface area contributed by atoms with Crippen molar-refractivity contribution in [2.24, 2.45) is 5.73 Å². The number of nitrogens with one attached hydrogen (secondary N) is 1. The van der Waals surface area contributed by atoms with Crippen molar-refractivity contribution in [1.82, 2.24) is 14.9 Å². The number of aliphatic carboxylic acids is 1. The van der Waals surface area contributed by atoms with Gasteiger partial charge in [0, 0.05) is 13.1 Å². The van der Waals surface area contributed by atoms with Gasteiger partial charge in [0.05, 0.1) is 21.8 Å². The van der Waals surface area contributed by atoms with Gasteiger partial charge in [-0.2, -0.15) is 0 Å². The van der Waals surface area contributed by atoms with Crippen LogP contribution in [0.25, 0.3) is 11.0 Å². The number of amides is 2. The molecule has 0 atom stereocenters. The average Bonchev–Trinajstić information content (AvgIpc) is 2.75. The van der Waals surface area contributed by atoms with Gasteiger partial charge in [0.2, 0.25) is 0 Å². The molecule has 1 heterocycles. The number of rotatable bonds is 6. The largest absolute Gasteiger partial charge is 0.481 e. The number of fused-ring (bicyclic) bond motifs is 1. The van der Waals surface area contributed by atoms with E-state index in [0.29, 0.717) is 34.3 Å². The number of carbonyl (C=O) groups excluding carboxylic acids is 1. The molecule has 0 saturated carbocycles. The first-order valence-corrected chi connectivity index (χ1v) is 7.38. The maximum Gasteiger partial charge on any atom is 0.313 e. The Morgan fingerprint density at radius 2 is 2.24 bits per heavy atom. The molecule has 0 aliphatic heterocycles. The number of hydrogen-bond acceptors (Lipinski definition) is 4. The molecular weight excluding hydrogens is 316 g/mol. The van der Waals surface area contributed by atoms with Gasteiger partial charge >= 0.3 is 12.0 Å². The summed E-state index contributed by atoms with van der Waals surface area (Å²) in [6.07, 6.45) is 0.